The van der Waals surface area contributed by atoms with Gasteiger partial charge in [0.2, 0.25) is 0 Å². The molecule has 4 rings (SSSR count). The van der Waals surface area contributed by atoms with Crippen molar-refractivity contribution >= 4 is 35.5 Å². The summed E-state index contributed by atoms with van der Waals surface area (Å²) in [4.78, 5) is 12.4. The molecule has 2 N–H and O–H groups in total. The number of carbonyl (C=O) groups excluding carboxylic acids is 1. The average molecular weight is 581 g/mol. The molecule has 1 heterocycles. The summed E-state index contributed by atoms with van der Waals surface area (Å²) in [7, 11) is 0. The van der Waals surface area contributed by atoms with Gasteiger partial charge in [-0.05, 0) is 79.8 Å². The van der Waals surface area contributed by atoms with Gasteiger partial charge in [-0.25, -0.2) is 0 Å². The number of rotatable bonds is 10. The second kappa shape index (κ2) is 16.5. The van der Waals surface area contributed by atoms with Gasteiger partial charge in [-0.1, -0.05) is 87.2 Å². The fourth-order valence-electron chi connectivity index (χ4n) is 4.97. The highest BCUT2D eigenvalue weighted by Gasteiger charge is 2.19. The Balaban J connectivity index is 0.000000616. The van der Waals surface area contributed by atoms with Gasteiger partial charge in [0.15, 0.2) is 0 Å². The van der Waals surface area contributed by atoms with Crippen LogP contribution in [-0.4, -0.2) is 22.3 Å². The molecule has 42 heavy (non-hydrogen) atoms. The molecule has 0 unspecified atom stereocenters. The number of hydrogen-bond donors (Lipinski definition) is 3. The minimum Gasteiger partial charge on any atom is -0.506 e. The standard InChI is InChI=1S/C31H32N2OS.C6H12O/c1-22-11-9-10-19-33(30(22)18-20-35)24(3)26-16-17-29(31(34)21-26)32-23(2)27-14-7-8-15-28(27)25-12-5-4-6-13-25;1-3-4-5-6(2)7/h4-8,12-18,20-21,32,34-35H,2-3,9-11,19H2,1H3;3-5H2,1-2H3/b20-18-;. The molecule has 0 bridgehead atoms. The molecular weight excluding hydrogens is 536 g/mol. The van der Waals surface area contributed by atoms with E-state index in [0.717, 1.165) is 84.4 Å². The van der Waals surface area contributed by atoms with Crippen molar-refractivity contribution in [2.45, 2.75) is 59.3 Å². The van der Waals surface area contributed by atoms with Crippen molar-refractivity contribution in [3.63, 3.8) is 0 Å². The Kier molecular flexibility index (Phi) is 12.8. The van der Waals surface area contributed by atoms with Crippen molar-refractivity contribution in [2.24, 2.45) is 0 Å². The molecule has 1 aliphatic rings. The molecule has 220 valence electrons. The normalized spacial score (nSPS) is 13.3. The molecule has 5 heteroatoms. The lowest BCUT2D eigenvalue weighted by Crippen LogP contribution is -2.21. The third-order valence-electron chi connectivity index (χ3n) is 7.31. The van der Waals surface area contributed by atoms with Crippen molar-refractivity contribution in [2.75, 3.05) is 11.9 Å². The molecule has 0 atom stereocenters. The maximum atomic E-state index is 10.9. The van der Waals surface area contributed by atoms with Crippen molar-refractivity contribution < 1.29 is 9.90 Å². The Morgan fingerprint density at radius 2 is 1.76 bits per heavy atom. The summed E-state index contributed by atoms with van der Waals surface area (Å²) >= 11 is 4.30. The number of phenolic OH excluding ortho intramolecular Hbond substituents is 1. The minimum atomic E-state index is 0.156. The van der Waals surface area contributed by atoms with Gasteiger partial charge in [0, 0.05) is 41.2 Å². The van der Waals surface area contributed by atoms with Crippen molar-refractivity contribution in [3.8, 4) is 16.9 Å². The van der Waals surface area contributed by atoms with Crippen LogP contribution in [0.15, 0.2) is 109 Å². The molecule has 1 aliphatic heterocycles. The van der Waals surface area contributed by atoms with Crippen LogP contribution in [0.25, 0.3) is 22.5 Å². The fraction of sp³-hybridized carbons (Fsp3) is 0.270. The largest absolute Gasteiger partial charge is 0.506 e. The topological polar surface area (TPSA) is 52.6 Å². The zero-order chi connectivity index (χ0) is 30.5. The second-order valence-corrected chi connectivity index (χ2v) is 10.9. The number of nitrogens with zero attached hydrogens (tertiary/aromatic N) is 1. The maximum absolute atomic E-state index is 10.9. The summed E-state index contributed by atoms with van der Waals surface area (Å²) in [6, 6.07) is 24.0. The highest BCUT2D eigenvalue weighted by molar-refractivity contribution is 7.83. The molecule has 0 saturated heterocycles. The van der Waals surface area contributed by atoms with E-state index in [1.54, 1.807) is 18.4 Å². The lowest BCUT2D eigenvalue weighted by atomic mass is 9.98. The summed E-state index contributed by atoms with van der Waals surface area (Å²) in [6.45, 7) is 15.4. The highest BCUT2D eigenvalue weighted by atomic mass is 32.1. The van der Waals surface area contributed by atoms with Crippen LogP contribution in [0.2, 0.25) is 0 Å². The first-order chi connectivity index (χ1) is 20.3. The molecule has 0 radical (unpaired) electrons. The molecule has 4 nitrogen and oxygen atoms in total. The number of phenols is 1. The number of ketones is 1. The quantitative estimate of drug-likeness (QED) is 0.165. The van der Waals surface area contributed by atoms with Gasteiger partial charge in [0.25, 0.3) is 0 Å². The smallest absolute Gasteiger partial charge is 0.139 e. The molecule has 3 aromatic rings. The lowest BCUT2D eigenvalue weighted by molar-refractivity contribution is -0.117. The van der Waals surface area contributed by atoms with E-state index in [4.69, 9.17) is 0 Å². The molecular formula is C37H44N2O2S. The summed E-state index contributed by atoms with van der Waals surface area (Å²) in [5, 5.41) is 16.0. The number of allylic oxidation sites excluding steroid dienone is 2. The lowest BCUT2D eigenvalue weighted by Gasteiger charge is -2.28. The Morgan fingerprint density at radius 3 is 2.40 bits per heavy atom. The Hall–Kier alpha value is -3.96. The van der Waals surface area contributed by atoms with Crippen LogP contribution < -0.4 is 5.32 Å². The first-order valence-electron chi connectivity index (χ1n) is 14.7. The maximum Gasteiger partial charge on any atom is 0.139 e. The van der Waals surface area contributed by atoms with Crippen LogP contribution in [0.3, 0.4) is 0 Å². The van der Waals surface area contributed by atoms with Gasteiger partial charge in [-0.15, -0.1) is 0 Å². The monoisotopic (exact) mass is 580 g/mol. The van der Waals surface area contributed by atoms with Crippen molar-refractivity contribution in [1.82, 2.24) is 4.90 Å². The van der Waals surface area contributed by atoms with Crippen LogP contribution >= 0.6 is 12.6 Å². The van der Waals surface area contributed by atoms with Gasteiger partial charge < -0.3 is 20.1 Å². The Bertz CT molecular complexity index is 1440. The fourth-order valence-corrected chi connectivity index (χ4v) is 5.11. The number of hydrogen-bond acceptors (Lipinski definition) is 5. The van der Waals surface area contributed by atoms with Crippen LogP contribution in [-0.2, 0) is 4.79 Å². The number of carbonyl (C=O) groups is 1. The first-order valence-corrected chi connectivity index (χ1v) is 15.2. The SMILES string of the molecule is C=C(Nc1ccc(C(=C)N2CCCCC(C)=C2/C=C\S)cc1O)c1ccccc1-c1ccccc1.CCCCC(C)=O. The van der Waals surface area contributed by atoms with E-state index in [1.165, 1.54) is 5.57 Å². The molecule has 0 aliphatic carbocycles. The minimum absolute atomic E-state index is 0.156. The van der Waals surface area contributed by atoms with Crippen LogP contribution in [0.5, 0.6) is 5.75 Å². The van der Waals surface area contributed by atoms with Gasteiger partial charge >= 0.3 is 0 Å². The van der Waals surface area contributed by atoms with Gasteiger partial charge in [-0.2, -0.15) is 12.6 Å². The van der Waals surface area contributed by atoms with Crippen LogP contribution in [0.4, 0.5) is 5.69 Å². The zero-order valence-electron chi connectivity index (χ0n) is 25.2. The van der Waals surface area contributed by atoms with E-state index in [-0.39, 0.29) is 5.75 Å². The predicted octanol–water partition coefficient (Wildman–Crippen LogP) is 10.1. The number of nitrogens with one attached hydrogen (secondary N) is 1. The molecule has 0 fully saturated rings. The van der Waals surface area contributed by atoms with Crippen molar-refractivity contribution in [1.29, 1.82) is 0 Å². The van der Waals surface area contributed by atoms with Crippen molar-refractivity contribution in [3.05, 3.63) is 120 Å². The van der Waals surface area contributed by atoms with E-state index in [0.29, 0.717) is 11.5 Å². The third kappa shape index (κ3) is 9.02. The van der Waals surface area contributed by atoms with Gasteiger partial charge in [0.05, 0.1) is 5.69 Å². The average Bonchev–Trinajstić information content (AvgIpc) is 3.18. The van der Waals surface area contributed by atoms with Crippen LogP contribution in [0, 0.1) is 0 Å². The van der Waals surface area contributed by atoms with Crippen LogP contribution in [0.1, 0.15) is 70.4 Å². The molecule has 3 aromatic carbocycles. The van der Waals surface area contributed by atoms with E-state index < -0.39 is 0 Å². The van der Waals surface area contributed by atoms with E-state index in [1.807, 2.05) is 54.6 Å². The molecule has 0 spiro atoms. The Labute approximate surface area is 257 Å². The first kappa shape index (κ1) is 32.6. The van der Waals surface area contributed by atoms with E-state index in [9.17, 15) is 9.90 Å². The van der Waals surface area contributed by atoms with Gasteiger partial charge in [0.1, 0.15) is 11.5 Å². The number of unbranched alkanes of at least 4 members (excludes halogenated alkanes) is 1. The number of thiol groups is 1. The summed E-state index contributed by atoms with van der Waals surface area (Å²) in [6.07, 6.45) is 8.27. The highest BCUT2D eigenvalue weighted by Crippen LogP contribution is 2.35. The summed E-state index contributed by atoms with van der Waals surface area (Å²) < 4.78 is 0. The molecule has 0 saturated carbocycles. The molecule has 0 amide bonds. The number of benzene rings is 3. The molecule has 0 aromatic heterocycles. The zero-order valence-corrected chi connectivity index (χ0v) is 26.1. The summed E-state index contributed by atoms with van der Waals surface area (Å²) in [5.74, 6) is 0.464. The number of Topliss-reactive ketones (excluding diaryl/α,β-unsaturated/α-hetero) is 1. The second-order valence-electron chi connectivity index (χ2n) is 10.6. The Morgan fingerprint density at radius 1 is 1.05 bits per heavy atom. The van der Waals surface area contributed by atoms with E-state index >= 15 is 0 Å². The third-order valence-corrected chi connectivity index (χ3v) is 7.45. The van der Waals surface area contributed by atoms with Gasteiger partial charge in [-0.3, -0.25) is 0 Å². The number of anilines is 1. The summed E-state index contributed by atoms with van der Waals surface area (Å²) in [5.41, 5.74) is 8.72. The predicted molar refractivity (Wildman–Crippen MR) is 183 cm³/mol. The van der Waals surface area contributed by atoms with E-state index in [2.05, 4.69) is 68.0 Å². The number of aromatic hydroxyl groups is 1.